The Morgan fingerprint density at radius 1 is 0.972 bits per heavy atom. The lowest BCUT2D eigenvalue weighted by Gasteiger charge is -2.43. The highest BCUT2D eigenvalue weighted by molar-refractivity contribution is 9.10. The van der Waals surface area contributed by atoms with Crippen molar-refractivity contribution < 1.29 is 46.0 Å². The lowest BCUT2D eigenvalue weighted by molar-refractivity contribution is -0.153. The van der Waals surface area contributed by atoms with Crippen LogP contribution in [-0.4, -0.2) is 132 Å². The van der Waals surface area contributed by atoms with Gasteiger partial charge in [0.05, 0.1) is 27.2 Å². The Labute approximate surface area is 422 Å². The van der Waals surface area contributed by atoms with Crippen molar-refractivity contribution in [1.82, 2.24) is 30.0 Å². The molecule has 16 nitrogen and oxygen atoms in total. The molecule has 1 unspecified atom stereocenters. The van der Waals surface area contributed by atoms with Gasteiger partial charge < -0.3 is 40.0 Å². The molecule has 0 bridgehead atoms. The number of nitrogens with zero attached hydrogens (tertiary/aromatic N) is 6. The molecule has 4 amide bonds. The van der Waals surface area contributed by atoms with E-state index in [0.29, 0.717) is 52.6 Å². The molecule has 0 aliphatic carbocycles. The van der Waals surface area contributed by atoms with Crippen LogP contribution in [0, 0.1) is 11.8 Å². The summed E-state index contributed by atoms with van der Waals surface area (Å²) >= 11 is 3.43. The first-order valence-corrected chi connectivity index (χ1v) is 26.9. The number of ether oxygens (including phenoxy) is 1. The topological polar surface area (TPSA) is 181 Å². The molecular weight excluding hydrogens is 1020 g/mol. The second-order valence-electron chi connectivity index (χ2n) is 18.4. The molecule has 72 heavy (non-hydrogen) atoms. The number of rotatable bonds is 15. The van der Waals surface area contributed by atoms with Crippen LogP contribution in [0.3, 0.4) is 0 Å². The van der Waals surface area contributed by atoms with Gasteiger partial charge in [-0.1, -0.05) is 36.6 Å². The normalized spacial score (nSPS) is 18.0. The van der Waals surface area contributed by atoms with Crippen LogP contribution in [0.15, 0.2) is 77.7 Å². The summed E-state index contributed by atoms with van der Waals surface area (Å²) in [6, 6.07) is 14.7. The number of benzene rings is 3. The number of halogens is 5. The fourth-order valence-electron chi connectivity index (χ4n) is 9.39. The highest BCUT2D eigenvalue weighted by atomic mass is 79.9. The van der Waals surface area contributed by atoms with Crippen LogP contribution in [0.1, 0.15) is 60.0 Å². The number of nitrogens with one attached hydrogen (secondary N) is 4. The van der Waals surface area contributed by atoms with Crippen LogP contribution in [0.5, 0.6) is 5.75 Å². The molecule has 0 saturated carbocycles. The van der Waals surface area contributed by atoms with Gasteiger partial charge in [-0.25, -0.2) is 9.37 Å². The summed E-state index contributed by atoms with van der Waals surface area (Å²) in [5.74, 6) is 3.09. The number of aromatic nitrogens is 2. The molecule has 8 rings (SSSR count). The number of carbonyl (C=O) groups excluding carboxylic acids is 4. The lowest BCUT2D eigenvalue weighted by Crippen LogP contribution is -2.53. The second-order valence-corrected chi connectivity index (χ2v) is 22.4. The van der Waals surface area contributed by atoms with E-state index < -0.39 is 43.6 Å². The molecular formula is C50H54BrF4N10O6P. The molecule has 4 aromatic rings. The molecule has 1 aromatic heterocycles. The van der Waals surface area contributed by atoms with Gasteiger partial charge in [0.15, 0.2) is 12.4 Å². The fourth-order valence-corrected chi connectivity index (χ4v) is 10.8. The van der Waals surface area contributed by atoms with E-state index in [1.807, 2.05) is 11.0 Å². The Morgan fingerprint density at radius 3 is 2.43 bits per heavy atom. The van der Waals surface area contributed by atoms with E-state index >= 15 is 0 Å². The molecule has 0 spiro atoms. The quantitative estimate of drug-likeness (QED) is 0.0230. The van der Waals surface area contributed by atoms with Crippen molar-refractivity contribution in [3.8, 4) is 17.6 Å². The Morgan fingerprint density at radius 2 is 1.72 bits per heavy atom. The Bertz CT molecular complexity index is 2870. The summed E-state index contributed by atoms with van der Waals surface area (Å²) < 4.78 is 74.1. The van der Waals surface area contributed by atoms with Gasteiger partial charge in [-0.15, -0.1) is 0 Å². The van der Waals surface area contributed by atoms with Crippen molar-refractivity contribution in [2.45, 2.75) is 63.3 Å². The number of amides is 4. The van der Waals surface area contributed by atoms with E-state index in [-0.39, 0.29) is 59.7 Å². The van der Waals surface area contributed by atoms with Crippen LogP contribution in [-0.2, 0) is 25.5 Å². The SMILES string of the molecule is C=C(F)C(=O)Nc1cc(Nc2ncc(Br)c(Nc3ccccc3P(C)(C)=O)n2)c(OCC(F)(F)F)cc1N1CCC(N2CCN(CCCC#Cc3cccc4c3CN(C3CCC(=O)NC3=O)C4=O)CC2)CC1. The first-order valence-electron chi connectivity index (χ1n) is 23.5. The maximum atomic E-state index is 14.2. The summed E-state index contributed by atoms with van der Waals surface area (Å²) in [5, 5.41) is 11.5. The zero-order valence-corrected chi connectivity index (χ0v) is 42.2. The zero-order valence-electron chi connectivity index (χ0n) is 39.7. The van der Waals surface area contributed by atoms with Gasteiger partial charge in [-0.3, -0.25) is 29.4 Å². The molecule has 4 aliphatic heterocycles. The number of unbranched alkanes of at least 4 members (excludes halogenated alkanes) is 1. The Hall–Kier alpha value is -6.33. The lowest BCUT2D eigenvalue weighted by atomic mass is 10.0. The zero-order chi connectivity index (χ0) is 51.3. The summed E-state index contributed by atoms with van der Waals surface area (Å²) in [6.45, 7) is 10.3. The highest BCUT2D eigenvalue weighted by Gasteiger charge is 2.40. The third-order valence-corrected chi connectivity index (χ3v) is 15.2. The molecule has 3 aromatic carbocycles. The number of piperazine rings is 1. The summed E-state index contributed by atoms with van der Waals surface area (Å²) in [4.78, 5) is 67.3. The first kappa shape index (κ1) is 52.0. The predicted molar refractivity (Wildman–Crippen MR) is 271 cm³/mol. The number of imide groups is 1. The van der Waals surface area contributed by atoms with Crippen molar-refractivity contribution in [2.24, 2.45) is 0 Å². The van der Waals surface area contributed by atoms with Crippen molar-refractivity contribution in [2.75, 3.05) is 86.6 Å². The number of hydrogen-bond donors (Lipinski definition) is 4. The van der Waals surface area contributed by atoms with Crippen LogP contribution in [0.25, 0.3) is 0 Å². The maximum absolute atomic E-state index is 14.2. The number of hydrogen-bond acceptors (Lipinski definition) is 13. The van der Waals surface area contributed by atoms with Crippen LogP contribution in [0.2, 0.25) is 0 Å². The van der Waals surface area contributed by atoms with Gasteiger partial charge in [0.25, 0.3) is 11.8 Å². The monoisotopic (exact) mass is 1080 g/mol. The van der Waals surface area contributed by atoms with Gasteiger partial charge in [-0.05, 0) is 97.4 Å². The molecule has 0 radical (unpaired) electrons. The summed E-state index contributed by atoms with van der Waals surface area (Å²) in [6.07, 6.45) is 0.157. The largest absolute Gasteiger partial charge is 0.482 e. The van der Waals surface area contributed by atoms with Gasteiger partial charge in [0.2, 0.25) is 17.8 Å². The average Bonchev–Trinajstić information content (AvgIpc) is 3.68. The second kappa shape index (κ2) is 22.2. The van der Waals surface area contributed by atoms with E-state index in [1.54, 1.807) is 49.7 Å². The summed E-state index contributed by atoms with van der Waals surface area (Å²) in [5.41, 5.74) is 3.01. The van der Waals surface area contributed by atoms with Crippen LogP contribution >= 0.6 is 23.1 Å². The van der Waals surface area contributed by atoms with E-state index in [2.05, 4.69) is 75.4 Å². The van der Waals surface area contributed by atoms with E-state index in [4.69, 9.17) is 4.74 Å². The minimum Gasteiger partial charge on any atom is -0.482 e. The molecule has 3 saturated heterocycles. The Balaban J connectivity index is 0.887. The maximum Gasteiger partial charge on any atom is 0.422 e. The molecule has 4 aliphatic rings. The van der Waals surface area contributed by atoms with Gasteiger partial charge >= 0.3 is 6.18 Å². The van der Waals surface area contributed by atoms with E-state index in [1.165, 1.54) is 23.2 Å². The Kier molecular flexibility index (Phi) is 16.0. The van der Waals surface area contributed by atoms with Crippen LogP contribution < -0.4 is 36.2 Å². The van der Waals surface area contributed by atoms with Crippen molar-refractivity contribution in [3.05, 3.63) is 94.4 Å². The van der Waals surface area contributed by atoms with Crippen molar-refractivity contribution >= 4 is 86.5 Å². The molecule has 3 fully saturated rings. The molecule has 4 N–H and O–H groups in total. The van der Waals surface area contributed by atoms with E-state index in [9.17, 15) is 41.3 Å². The number of alkyl halides is 3. The number of fused-ring (bicyclic) bond motifs is 1. The molecule has 1 atom stereocenters. The molecule has 22 heteroatoms. The predicted octanol–water partition coefficient (Wildman–Crippen LogP) is 7.52. The van der Waals surface area contributed by atoms with Gasteiger partial charge in [-0.2, -0.15) is 18.2 Å². The first-order chi connectivity index (χ1) is 34.3. The molecule has 380 valence electrons. The highest BCUT2D eigenvalue weighted by Crippen LogP contribution is 2.42. The number of para-hydroxylation sites is 1. The minimum absolute atomic E-state index is 0.0417. The van der Waals surface area contributed by atoms with Gasteiger partial charge in [0.1, 0.15) is 24.8 Å². The standard InChI is InChI=1S/C50H54BrF4N10O6P/c1-31(52)46(67)58-38-26-39(59-49-56-28-36(51)45(61-49)57-37-13-6-7-14-43(37)72(2,3)70)42(71-30-50(53,54)55)27-41(38)64-20-17-33(18-21-64)63-24-22-62(23-25-63)19-8-4-5-10-32-11-9-12-34-35(32)29-65(48(34)69)40-15-16-44(66)60-47(40)68/h6-7,9,11-14,26-28,33,40H,1,4,8,15-25,29-30H2,2-3H3,(H,58,67)(H,60,66,68)(H2,56,57,59,61). The van der Waals surface area contributed by atoms with Crippen molar-refractivity contribution in [3.63, 3.8) is 0 Å². The van der Waals surface area contributed by atoms with E-state index in [0.717, 1.165) is 63.1 Å². The number of carbonyl (C=O) groups is 4. The number of piperidine rings is 2. The minimum atomic E-state index is -4.69. The third kappa shape index (κ3) is 12.6. The average molecular weight is 1080 g/mol. The molecule has 5 heterocycles. The van der Waals surface area contributed by atoms with Crippen LogP contribution in [0.4, 0.5) is 52.1 Å². The van der Waals surface area contributed by atoms with Crippen molar-refractivity contribution in [1.29, 1.82) is 0 Å². The summed E-state index contributed by atoms with van der Waals surface area (Å²) in [7, 11) is -2.72. The fraction of sp³-hybridized carbons (Fsp3) is 0.400. The number of anilines is 6. The van der Waals surface area contributed by atoms with Gasteiger partial charge in [0, 0.05) is 93.4 Å². The smallest absolute Gasteiger partial charge is 0.422 e. The third-order valence-electron chi connectivity index (χ3n) is 13.0.